The Morgan fingerprint density at radius 1 is 1.11 bits per heavy atom. The van der Waals surface area contributed by atoms with Crippen LogP contribution >= 0.6 is 11.3 Å². The smallest absolute Gasteiger partial charge is 0.325 e. The topological polar surface area (TPSA) is 71.5 Å². The van der Waals surface area contributed by atoms with E-state index in [1.165, 1.54) is 16.2 Å². The molecule has 1 N–H and O–H groups in total. The number of carbonyl (C=O) groups excluding carboxylic acids is 2. The maximum Gasteiger partial charge on any atom is 0.325 e. The first kappa shape index (κ1) is 18.2. The van der Waals surface area contributed by atoms with E-state index < -0.39 is 11.6 Å². The fourth-order valence-corrected chi connectivity index (χ4v) is 4.03. The molecule has 1 aliphatic heterocycles. The van der Waals surface area contributed by atoms with Crippen molar-refractivity contribution in [3.05, 3.63) is 71.2 Å². The van der Waals surface area contributed by atoms with Crippen molar-refractivity contribution in [3.8, 4) is 16.3 Å². The second-order valence-electron chi connectivity index (χ2n) is 6.68. The van der Waals surface area contributed by atoms with Crippen LogP contribution in [0.3, 0.4) is 0 Å². The number of carbonyl (C=O) groups is 2. The van der Waals surface area contributed by atoms with E-state index in [1.807, 2.05) is 35.7 Å². The van der Waals surface area contributed by atoms with E-state index in [0.717, 1.165) is 10.6 Å². The second-order valence-corrected chi connectivity index (χ2v) is 7.54. The van der Waals surface area contributed by atoms with E-state index in [-0.39, 0.29) is 12.5 Å². The Morgan fingerprint density at radius 2 is 1.82 bits per heavy atom. The van der Waals surface area contributed by atoms with E-state index in [0.29, 0.717) is 17.0 Å². The molecular formula is C21H19N3O3S. The van der Waals surface area contributed by atoms with E-state index in [2.05, 4.69) is 10.3 Å². The molecule has 0 radical (unpaired) electrons. The first-order valence-corrected chi connectivity index (χ1v) is 9.68. The summed E-state index contributed by atoms with van der Waals surface area (Å²) in [6.07, 6.45) is 0. The molecule has 142 valence electrons. The zero-order valence-electron chi connectivity index (χ0n) is 15.5. The van der Waals surface area contributed by atoms with Gasteiger partial charge < -0.3 is 10.1 Å². The van der Waals surface area contributed by atoms with Gasteiger partial charge in [0.05, 0.1) is 19.3 Å². The van der Waals surface area contributed by atoms with Gasteiger partial charge in [-0.25, -0.2) is 9.78 Å². The zero-order chi connectivity index (χ0) is 19.7. The highest BCUT2D eigenvalue weighted by molar-refractivity contribution is 7.13. The molecule has 6 nitrogen and oxygen atoms in total. The number of ether oxygens (including phenoxy) is 1. The Kier molecular flexibility index (Phi) is 4.60. The van der Waals surface area contributed by atoms with Crippen LogP contribution in [-0.4, -0.2) is 28.9 Å². The first-order valence-electron chi connectivity index (χ1n) is 8.80. The summed E-state index contributed by atoms with van der Waals surface area (Å²) >= 11 is 1.49. The first-order chi connectivity index (χ1) is 13.5. The highest BCUT2D eigenvalue weighted by Gasteiger charge is 2.49. The number of urea groups is 1. The molecule has 1 atom stereocenters. The van der Waals surface area contributed by atoms with Crippen molar-refractivity contribution >= 4 is 23.3 Å². The number of nitrogens with one attached hydrogen (secondary N) is 1. The number of hydrogen-bond donors (Lipinski definition) is 1. The average Bonchev–Trinajstić information content (AvgIpc) is 3.28. The van der Waals surface area contributed by atoms with Gasteiger partial charge in [-0.3, -0.25) is 9.69 Å². The number of methoxy groups -OCH3 is 1. The highest BCUT2D eigenvalue weighted by Crippen LogP contribution is 2.31. The van der Waals surface area contributed by atoms with E-state index >= 15 is 0 Å². The van der Waals surface area contributed by atoms with Gasteiger partial charge >= 0.3 is 6.03 Å². The summed E-state index contributed by atoms with van der Waals surface area (Å²) in [5.74, 6) is 0.397. The molecule has 0 saturated carbocycles. The third-order valence-electron chi connectivity index (χ3n) is 4.83. The highest BCUT2D eigenvalue weighted by atomic mass is 32.1. The van der Waals surface area contributed by atoms with Crippen molar-refractivity contribution < 1.29 is 14.3 Å². The van der Waals surface area contributed by atoms with Gasteiger partial charge in [-0.15, -0.1) is 11.3 Å². The molecule has 0 spiro atoms. The number of benzene rings is 2. The maximum absolute atomic E-state index is 13.1. The van der Waals surface area contributed by atoms with Crippen LogP contribution in [0.1, 0.15) is 18.2 Å². The molecule has 1 fully saturated rings. The van der Waals surface area contributed by atoms with Crippen molar-refractivity contribution in [1.82, 2.24) is 15.2 Å². The average molecular weight is 393 g/mol. The summed E-state index contributed by atoms with van der Waals surface area (Å²) in [5.41, 5.74) is 1.30. The van der Waals surface area contributed by atoms with Gasteiger partial charge in [-0.2, -0.15) is 0 Å². The molecule has 3 amide bonds. The molecule has 0 aliphatic carbocycles. The van der Waals surface area contributed by atoms with Crippen LogP contribution in [0.5, 0.6) is 5.75 Å². The second kappa shape index (κ2) is 7.09. The summed E-state index contributed by atoms with van der Waals surface area (Å²) in [5, 5.41) is 5.56. The van der Waals surface area contributed by atoms with E-state index in [9.17, 15) is 9.59 Å². The van der Waals surface area contributed by atoms with Crippen LogP contribution < -0.4 is 10.1 Å². The van der Waals surface area contributed by atoms with Crippen LogP contribution in [-0.2, 0) is 16.9 Å². The molecule has 1 aromatic heterocycles. The lowest BCUT2D eigenvalue weighted by atomic mass is 9.92. The van der Waals surface area contributed by atoms with Crippen LogP contribution in [0.2, 0.25) is 0 Å². The standard InChI is InChI=1S/C21H19N3O3S/c1-21(15-8-10-17(27-2)11-9-15)19(25)24(20(26)23-21)12-16-13-28-18(22-16)14-6-4-3-5-7-14/h3-11,13H,12H2,1-2H3,(H,23,26)/t21-/m1/s1. The molecule has 0 unspecified atom stereocenters. The van der Waals surface area contributed by atoms with Gasteiger partial charge in [0.1, 0.15) is 16.3 Å². The number of rotatable bonds is 5. The summed E-state index contributed by atoms with van der Waals surface area (Å²) in [4.78, 5) is 31.4. The van der Waals surface area contributed by atoms with Gasteiger partial charge in [0.2, 0.25) is 0 Å². The molecule has 2 heterocycles. The summed E-state index contributed by atoms with van der Waals surface area (Å²) < 4.78 is 5.16. The number of amides is 3. The van der Waals surface area contributed by atoms with Crippen molar-refractivity contribution in [2.24, 2.45) is 0 Å². The minimum Gasteiger partial charge on any atom is -0.497 e. The Labute approximate surface area is 166 Å². The molecule has 0 bridgehead atoms. The molecule has 1 aliphatic rings. The Morgan fingerprint density at radius 3 is 2.50 bits per heavy atom. The third kappa shape index (κ3) is 3.14. The number of thiazole rings is 1. The molecule has 3 aromatic rings. The quantitative estimate of drug-likeness (QED) is 0.670. The number of nitrogens with zero attached hydrogens (tertiary/aromatic N) is 2. The Hall–Kier alpha value is -3.19. The fraction of sp³-hybridized carbons (Fsp3) is 0.190. The number of hydrogen-bond acceptors (Lipinski definition) is 5. The molecule has 7 heteroatoms. The molecule has 28 heavy (non-hydrogen) atoms. The lowest BCUT2D eigenvalue weighted by Gasteiger charge is -2.22. The number of imide groups is 1. The number of aromatic nitrogens is 1. The maximum atomic E-state index is 13.1. The van der Waals surface area contributed by atoms with Gasteiger partial charge in [-0.1, -0.05) is 42.5 Å². The van der Waals surface area contributed by atoms with E-state index in [1.54, 1.807) is 38.3 Å². The van der Waals surface area contributed by atoms with Gasteiger partial charge in [0.25, 0.3) is 5.91 Å². The monoisotopic (exact) mass is 393 g/mol. The Bertz CT molecular complexity index is 1020. The fourth-order valence-electron chi connectivity index (χ4n) is 3.22. The van der Waals surface area contributed by atoms with Crippen molar-refractivity contribution in [2.75, 3.05) is 7.11 Å². The van der Waals surface area contributed by atoms with Gasteiger partial charge in [-0.05, 0) is 24.6 Å². The molecular weight excluding hydrogens is 374 g/mol. The van der Waals surface area contributed by atoms with Gasteiger partial charge in [0, 0.05) is 10.9 Å². The molecule has 4 rings (SSSR count). The predicted molar refractivity (Wildman–Crippen MR) is 107 cm³/mol. The van der Waals surface area contributed by atoms with Crippen LogP contribution in [0.25, 0.3) is 10.6 Å². The zero-order valence-corrected chi connectivity index (χ0v) is 16.3. The summed E-state index contributed by atoms with van der Waals surface area (Å²) in [6.45, 7) is 1.85. The summed E-state index contributed by atoms with van der Waals surface area (Å²) in [6, 6.07) is 16.5. The predicted octanol–water partition coefficient (Wildman–Crippen LogP) is 3.79. The van der Waals surface area contributed by atoms with E-state index in [4.69, 9.17) is 4.74 Å². The lowest BCUT2D eigenvalue weighted by Crippen LogP contribution is -2.40. The van der Waals surface area contributed by atoms with Crippen molar-refractivity contribution in [2.45, 2.75) is 19.0 Å². The van der Waals surface area contributed by atoms with Crippen LogP contribution in [0.4, 0.5) is 4.79 Å². The molecule has 2 aromatic carbocycles. The minimum absolute atomic E-state index is 0.139. The lowest BCUT2D eigenvalue weighted by molar-refractivity contribution is -0.131. The minimum atomic E-state index is -1.11. The third-order valence-corrected chi connectivity index (χ3v) is 5.78. The van der Waals surface area contributed by atoms with Crippen molar-refractivity contribution in [3.63, 3.8) is 0 Å². The summed E-state index contributed by atoms with van der Waals surface area (Å²) in [7, 11) is 1.58. The normalized spacial score (nSPS) is 19.0. The SMILES string of the molecule is COc1ccc([C@@]2(C)NC(=O)N(Cc3csc(-c4ccccc4)n3)C2=O)cc1. The largest absolute Gasteiger partial charge is 0.497 e. The van der Waals surface area contributed by atoms with Crippen LogP contribution in [0.15, 0.2) is 60.0 Å². The van der Waals surface area contributed by atoms with Crippen molar-refractivity contribution in [1.29, 1.82) is 0 Å². The molecule has 1 saturated heterocycles. The van der Waals surface area contributed by atoms with Gasteiger partial charge in [0.15, 0.2) is 0 Å². The Balaban J connectivity index is 1.55. The van der Waals surface area contributed by atoms with Crippen LogP contribution in [0, 0.1) is 0 Å².